The minimum atomic E-state index is 0. The van der Waals surface area contributed by atoms with Crippen LogP contribution < -0.4 is 0 Å². The first-order valence-electron chi connectivity index (χ1n) is 7.97. The summed E-state index contributed by atoms with van der Waals surface area (Å²) < 4.78 is 1.42. The van der Waals surface area contributed by atoms with Gasteiger partial charge in [0, 0.05) is 0 Å². The van der Waals surface area contributed by atoms with Gasteiger partial charge in [-0.15, -0.1) is 31.2 Å². The van der Waals surface area contributed by atoms with E-state index >= 15 is 0 Å². The molecule has 0 saturated heterocycles. The average molecular weight is 421 g/mol. The summed E-state index contributed by atoms with van der Waals surface area (Å²) in [6.45, 7) is 16.0. The fourth-order valence-corrected chi connectivity index (χ4v) is 1.31. The molecule has 2 rings (SSSR count). The molecule has 4 heteroatoms. The molecule has 1 aromatic carbocycles. The van der Waals surface area contributed by atoms with Crippen LogP contribution in [-0.2, 0) is 25.4 Å². The summed E-state index contributed by atoms with van der Waals surface area (Å²) in [7, 11) is 0. The molecule has 0 heterocycles. The van der Waals surface area contributed by atoms with E-state index in [-0.39, 0.29) is 30.2 Å². The summed E-state index contributed by atoms with van der Waals surface area (Å²) in [6, 6.07) is 7.39. The Morgan fingerprint density at radius 3 is 1.92 bits per heavy atom. The number of halogens is 2. The second-order valence-electron chi connectivity index (χ2n) is 6.30. The Bertz CT molecular complexity index is 475. The number of phenols is 1. The standard InChI is InChI=1S/C10H14O.C5H5.C3H7.C3H6.2ClH.Ti/c1-10(2,3)8-5-4-6-9(11)7-8;1-2-4-5-3-1;2*1-3-2;;;/h4-7,11H,1-3H3;1-3H,4H2;1,3H2,2H3;1-2H3;2*1H;/q;2*-1;;;;+2. The van der Waals surface area contributed by atoms with Gasteiger partial charge in [-0.2, -0.15) is 12.5 Å². The maximum atomic E-state index is 9.18. The quantitative estimate of drug-likeness (QED) is 0.360. The average Bonchev–Trinajstić information content (AvgIpc) is 2.97. The van der Waals surface area contributed by atoms with Gasteiger partial charge in [0.2, 0.25) is 0 Å². The van der Waals surface area contributed by atoms with Gasteiger partial charge in [-0.25, -0.2) is 12.2 Å². The minimum Gasteiger partial charge on any atom is -0.344 e. The van der Waals surface area contributed by atoms with Crippen LogP contribution in [-0.4, -0.2) is 8.92 Å². The molecule has 142 valence electrons. The van der Waals surface area contributed by atoms with Crippen LogP contribution in [0.5, 0.6) is 5.75 Å². The molecule has 1 nitrogen and oxygen atoms in total. The third kappa shape index (κ3) is 26.0. The molecule has 0 atom stereocenters. The van der Waals surface area contributed by atoms with Crippen LogP contribution in [0.25, 0.3) is 0 Å². The molecular weight excluding hydrogens is 387 g/mol. The first kappa shape index (κ1) is 32.3. The summed E-state index contributed by atoms with van der Waals surface area (Å²) in [5.41, 5.74) is 1.29. The van der Waals surface area contributed by atoms with E-state index in [9.17, 15) is 5.11 Å². The first-order valence-corrected chi connectivity index (χ1v) is 8.75. The van der Waals surface area contributed by atoms with Gasteiger partial charge in [0.25, 0.3) is 0 Å². The van der Waals surface area contributed by atoms with Gasteiger partial charge >= 0.3 is 37.6 Å². The molecule has 1 aromatic rings. The Balaban J connectivity index is -0.000000133. The number of aromatic hydroxyl groups is 1. The second-order valence-corrected chi connectivity index (χ2v) is 7.86. The van der Waals surface area contributed by atoms with Crippen molar-refractivity contribution in [3.8, 4) is 5.75 Å². The molecule has 0 fully saturated rings. The van der Waals surface area contributed by atoms with Crippen LogP contribution in [0.15, 0.2) is 42.5 Å². The number of rotatable bonds is 0. The number of hydrogen-bond donors (Lipinski definition) is 1. The number of hydrogen-bond acceptors (Lipinski definition) is 1. The van der Waals surface area contributed by atoms with Crippen molar-refractivity contribution < 1.29 is 25.1 Å². The Labute approximate surface area is 179 Å². The van der Waals surface area contributed by atoms with E-state index in [1.165, 1.54) is 3.81 Å². The Morgan fingerprint density at radius 2 is 1.72 bits per heavy atom. The molecule has 1 N–H and O–H groups in total. The second kappa shape index (κ2) is 20.0. The number of phenolic OH excluding ortho intramolecular Hbond substituents is 1. The fraction of sp³-hybridized carbons (Fsp3) is 0.429. The van der Waals surface area contributed by atoms with Crippen LogP contribution in [0.2, 0.25) is 0 Å². The Morgan fingerprint density at radius 1 is 1.24 bits per heavy atom. The van der Waals surface area contributed by atoms with Crippen molar-refractivity contribution in [1.29, 1.82) is 0 Å². The van der Waals surface area contributed by atoms with Gasteiger partial charge in [-0.1, -0.05) is 39.8 Å². The molecule has 1 aliphatic carbocycles. The largest absolute Gasteiger partial charge is 0.344 e. The third-order valence-corrected chi connectivity index (χ3v) is 2.30. The predicted molar refractivity (Wildman–Crippen MR) is 115 cm³/mol. The molecule has 0 spiro atoms. The van der Waals surface area contributed by atoms with E-state index in [0.29, 0.717) is 5.75 Å². The van der Waals surface area contributed by atoms with E-state index in [0.717, 1.165) is 18.4 Å². The third-order valence-electron chi connectivity index (χ3n) is 2.30. The molecule has 0 aromatic heterocycles. The zero-order chi connectivity index (χ0) is 18.3. The summed E-state index contributed by atoms with van der Waals surface area (Å²) in [5.74, 6) is 0.345. The molecule has 0 bridgehead atoms. The minimum absolute atomic E-state index is 0. The van der Waals surface area contributed by atoms with Gasteiger partial charge in [-0.05, 0) is 23.1 Å². The molecule has 0 aliphatic heterocycles. The van der Waals surface area contributed by atoms with Gasteiger partial charge in [0.15, 0.2) is 0 Å². The summed E-state index contributed by atoms with van der Waals surface area (Å²) >= 11 is 2.08. The smallest absolute Gasteiger partial charge is 0.0927 e. The van der Waals surface area contributed by atoms with Crippen molar-refractivity contribution in [2.45, 2.75) is 59.8 Å². The Kier molecular flexibility index (Phi) is 25.9. The van der Waals surface area contributed by atoms with Gasteiger partial charge < -0.3 is 12.0 Å². The van der Waals surface area contributed by atoms with E-state index in [1.807, 2.05) is 31.2 Å². The molecule has 25 heavy (non-hydrogen) atoms. The molecule has 0 amide bonds. The van der Waals surface area contributed by atoms with Crippen LogP contribution in [0.1, 0.15) is 59.9 Å². The maximum Gasteiger partial charge on any atom is -0.0927 e. The zero-order valence-corrected chi connectivity index (χ0v) is 19.6. The van der Waals surface area contributed by atoms with E-state index in [4.69, 9.17) is 0 Å². The van der Waals surface area contributed by atoms with Crippen molar-refractivity contribution in [2.24, 2.45) is 0 Å². The zero-order valence-electron chi connectivity index (χ0n) is 16.4. The monoisotopic (exact) mass is 420 g/mol. The van der Waals surface area contributed by atoms with Crippen molar-refractivity contribution in [2.75, 3.05) is 0 Å². The molecular formula is C21H34Cl2OTi. The molecule has 0 saturated carbocycles. The Hall–Kier alpha value is -0.336. The first-order chi connectivity index (χ1) is 10.6. The number of allylic oxidation sites excluding steroid dienone is 4. The van der Waals surface area contributed by atoms with E-state index in [2.05, 4.69) is 73.7 Å². The van der Waals surface area contributed by atoms with Gasteiger partial charge in [-0.3, -0.25) is 6.08 Å². The summed E-state index contributed by atoms with van der Waals surface area (Å²) in [6.07, 6.45) is 11.0. The molecule has 0 unspecified atom stereocenters. The van der Waals surface area contributed by atoms with E-state index < -0.39 is 0 Å². The van der Waals surface area contributed by atoms with Crippen LogP contribution >= 0.6 is 24.8 Å². The summed E-state index contributed by atoms with van der Waals surface area (Å²) in [4.78, 5) is 0. The van der Waals surface area contributed by atoms with Crippen molar-refractivity contribution >= 4 is 28.6 Å². The van der Waals surface area contributed by atoms with Crippen LogP contribution in [0, 0.1) is 13.0 Å². The maximum absolute atomic E-state index is 9.18. The van der Waals surface area contributed by atoms with Gasteiger partial charge in [0.05, 0.1) is 0 Å². The van der Waals surface area contributed by atoms with E-state index in [1.54, 1.807) is 12.1 Å². The number of benzene rings is 1. The fourth-order valence-electron chi connectivity index (χ4n) is 1.31. The topological polar surface area (TPSA) is 20.2 Å². The van der Waals surface area contributed by atoms with Gasteiger partial charge in [0.1, 0.15) is 5.75 Å². The molecule has 1 aliphatic rings. The molecule has 0 radical (unpaired) electrons. The van der Waals surface area contributed by atoms with Crippen LogP contribution in [0.4, 0.5) is 0 Å². The van der Waals surface area contributed by atoms with Crippen molar-refractivity contribution in [3.63, 3.8) is 0 Å². The SMILES string of the molecule is CC(C)(C)c1cccc(O)c1.C[C](C)=[Ti+2].Cl.Cl.[C-]1=CC=CC1.[CH2-]CC. The van der Waals surface area contributed by atoms with Crippen LogP contribution in [0.3, 0.4) is 0 Å². The normalized spacial score (nSPS) is 10.4. The summed E-state index contributed by atoms with van der Waals surface area (Å²) in [5, 5.41) is 9.18. The van der Waals surface area contributed by atoms with Crippen molar-refractivity contribution in [3.05, 3.63) is 61.1 Å². The predicted octanol–water partition coefficient (Wildman–Crippen LogP) is 6.81. The van der Waals surface area contributed by atoms with Crippen molar-refractivity contribution in [1.82, 2.24) is 0 Å².